The number of anilines is 1. The molecule has 120 valence electrons. The summed E-state index contributed by atoms with van der Waals surface area (Å²) in [5.74, 6) is 0.189. The SMILES string of the molecule is CC(C)Oc1ccc(NC(=O)[C@@]23C[C@@H]2CN(C)S3(=O)=O)cc1. The van der Waals surface area contributed by atoms with Gasteiger partial charge in [0.2, 0.25) is 15.9 Å². The Bertz CT molecular complexity index is 699. The molecule has 1 aliphatic carbocycles. The van der Waals surface area contributed by atoms with Crippen molar-refractivity contribution in [2.45, 2.75) is 31.1 Å². The van der Waals surface area contributed by atoms with E-state index in [-0.39, 0.29) is 12.0 Å². The molecule has 1 heterocycles. The van der Waals surface area contributed by atoms with Gasteiger partial charge in [0, 0.05) is 25.2 Å². The first kappa shape index (κ1) is 15.3. The van der Waals surface area contributed by atoms with Gasteiger partial charge in [0.1, 0.15) is 5.75 Å². The van der Waals surface area contributed by atoms with Crippen molar-refractivity contribution >= 4 is 21.6 Å². The van der Waals surface area contributed by atoms with Gasteiger partial charge in [0.05, 0.1) is 6.10 Å². The molecule has 2 atom stereocenters. The van der Waals surface area contributed by atoms with Crippen LogP contribution in [-0.2, 0) is 14.8 Å². The molecule has 2 fully saturated rings. The van der Waals surface area contributed by atoms with Gasteiger partial charge in [0.25, 0.3) is 0 Å². The number of ether oxygens (including phenoxy) is 1. The highest BCUT2D eigenvalue weighted by Crippen LogP contribution is 2.57. The minimum absolute atomic E-state index is 0.0747. The number of fused-ring (bicyclic) bond motifs is 1. The van der Waals surface area contributed by atoms with Crippen LogP contribution in [0.4, 0.5) is 5.69 Å². The first-order valence-corrected chi connectivity index (χ1v) is 8.75. The summed E-state index contributed by atoms with van der Waals surface area (Å²) in [5.41, 5.74) is 0.575. The van der Waals surface area contributed by atoms with E-state index in [2.05, 4.69) is 5.32 Å². The number of hydrogen-bond acceptors (Lipinski definition) is 4. The van der Waals surface area contributed by atoms with Crippen molar-refractivity contribution in [2.24, 2.45) is 5.92 Å². The average molecular weight is 324 g/mol. The fourth-order valence-electron chi connectivity index (χ4n) is 3.04. The number of benzene rings is 1. The highest BCUT2D eigenvalue weighted by Gasteiger charge is 2.74. The third-order valence-corrected chi connectivity index (χ3v) is 6.84. The molecule has 0 spiro atoms. The van der Waals surface area contributed by atoms with Crippen LogP contribution in [0, 0.1) is 5.92 Å². The molecule has 3 rings (SSSR count). The van der Waals surface area contributed by atoms with Crippen LogP contribution in [0.2, 0.25) is 0 Å². The molecule has 0 radical (unpaired) electrons. The molecule has 7 heteroatoms. The highest BCUT2D eigenvalue weighted by atomic mass is 32.2. The smallest absolute Gasteiger partial charge is 0.247 e. The van der Waals surface area contributed by atoms with Crippen molar-refractivity contribution in [3.63, 3.8) is 0 Å². The monoisotopic (exact) mass is 324 g/mol. The van der Waals surface area contributed by atoms with Gasteiger partial charge >= 0.3 is 0 Å². The number of rotatable bonds is 4. The van der Waals surface area contributed by atoms with Crippen LogP contribution in [0.1, 0.15) is 20.3 Å². The van der Waals surface area contributed by atoms with Gasteiger partial charge in [-0.15, -0.1) is 0 Å². The second-order valence-electron chi connectivity index (χ2n) is 6.22. The molecule has 2 aliphatic rings. The second kappa shape index (κ2) is 4.96. The summed E-state index contributed by atoms with van der Waals surface area (Å²) in [7, 11) is -2.02. The molecular weight excluding hydrogens is 304 g/mol. The number of nitrogens with one attached hydrogen (secondary N) is 1. The van der Waals surface area contributed by atoms with Crippen LogP contribution < -0.4 is 10.1 Å². The summed E-state index contributed by atoms with van der Waals surface area (Å²) in [6.07, 6.45) is 0.491. The first-order chi connectivity index (χ1) is 10.3. The molecule has 1 N–H and O–H groups in total. The van der Waals surface area contributed by atoms with Gasteiger partial charge in [0.15, 0.2) is 4.75 Å². The summed E-state index contributed by atoms with van der Waals surface area (Å²) < 4.78 is 30.2. The number of carbonyl (C=O) groups excluding carboxylic acids is 1. The van der Waals surface area contributed by atoms with E-state index in [1.165, 1.54) is 11.4 Å². The molecular formula is C15H20N2O4S. The third-order valence-electron chi connectivity index (χ3n) is 4.27. The summed E-state index contributed by atoms with van der Waals surface area (Å²) >= 11 is 0. The topological polar surface area (TPSA) is 75.7 Å². The van der Waals surface area contributed by atoms with Crippen molar-refractivity contribution in [3.8, 4) is 5.75 Å². The van der Waals surface area contributed by atoms with E-state index < -0.39 is 20.7 Å². The summed E-state index contributed by atoms with van der Waals surface area (Å²) in [6, 6.07) is 6.95. The minimum atomic E-state index is -3.54. The van der Waals surface area contributed by atoms with E-state index in [9.17, 15) is 13.2 Å². The predicted octanol–water partition coefficient (Wildman–Crippen LogP) is 1.45. The Morgan fingerprint density at radius 3 is 2.50 bits per heavy atom. The van der Waals surface area contributed by atoms with E-state index in [0.29, 0.717) is 24.4 Å². The molecule has 6 nitrogen and oxygen atoms in total. The lowest BCUT2D eigenvalue weighted by Gasteiger charge is -2.17. The van der Waals surface area contributed by atoms with Crippen molar-refractivity contribution < 1.29 is 17.9 Å². The lowest BCUT2D eigenvalue weighted by atomic mass is 10.2. The van der Waals surface area contributed by atoms with Gasteiger partial charge < -0.3 is 10.1 Å². The van der Waals surface area contributed by atoms with Gasteiger partial charge in [-0.3, -0.25) is 4.79 Å². The Kier molecular flexibility index (Phi) is 3.45. The Labute approximate surface area is 130 Å². The Morgan fingerprint density at radius 2 is 2.00 bits per heavy atom. The quantitative estimate of drug-likeness (QED) is 0.909. The maximum atomic E-state index is 12.5. The molecule has 0 bridgehead atoms. The zero-order chi connectivity index (χ0) is 16.1. The molecule has 1 aromatic carbocycles. The first-order valence-electron chi connectivity index (χ1n) is 7.31. The van der Waals surface area contributed by atoms with E-state index >= 15 is 0 Å². The molecule has 1 aliphatic heterocycles. The lowest BCUT2D eigenvalue weighted by molar-refractivity contribution is -0.116. The fraction of sp³-hybridized carbons (Fsp3) is 0.533. The average Bonchev–Trinajstić information content (AvgIpc) is 3.11. The van der Waals surface area contributed by atoms with E-state index in [4.69, 9.17) is 4.74 Å². The van der Waals surface area contributed by atoms with Gasteiger partial charge in [-0.2, -0.15) is 0 Å². The molecule has 22 heavy (non-hydrogen) atoms. The molecule has 1 saturated carbocycles. The maximum Gasteiger partial charge on any atom is 0.247 e. The number of nitrogens with zero attached hydrogens (tertiary/aromatic N) is 1. The number of hydrogen-bond donors (Lipinski definition) is 1. The summed E-state index contributed by atoms with van der Waals surface area (Å²) in [5, 5.41) is 2.72. The van der Waals surface area contributed by atoms with Gasteiger partial charge in [-0.05, 0) is 44.5 Å². The zero-order valence-corrected chi connectivity index (χ0v) is 13.7. The number of carbonyl (C=O) groups is 1. The number of amides is 1. The van der Waals surface area contributed by atoms with Gasteiger partial charge in [-0.25, -0.2) is 12.7 Å². The van der Waals surface area contributed by atoms with Crippen LogP contribution in [0.3, 0.4) is 0 Å². The Morgan fingerprint density at radius 1 is 1.36 bits per heavy atom. The number of sulfonamides is 1. The molecule has 1 saturated heterocycles. The largest absolute Gasteiger partial charge is 0.491 e. The van der Waals surface area contributed by atoms with Crippen LogP contribution in [0.5, 0.6) is 5.75 Å². The van der Waals surface area contributed by atoms with E-state index in [1.807, 2.05) is 13.8 Å². The van der Waals surface area contributed by atoms with E-state index in [0.717, 1.165) is 0 Å². The Balaban J connectivity index is 1.73. The Hall–Kier alpha value is -1.60. The standard InChI is InChI=1S/C15H20N2O4S/c1-10(2)21-13-6-4-12(5-7-13)16-14(18)15-8-11(15)9-17(3)22(15,19)20/h4-7,10-11H,8-9H2,1-3H3,(H,16,18)/t11-,15-/m1/s1. The molecule has 1 aromatic rings. The van der Waals surface area contributed by atoms with Crippen molar-refractivity contribution in [2.75, 3.05) is 18.9 Å². The van der Waals surface area contributed by atoms with Crippen molar-refractivity contribution in [1.82, 2.24) is 4.31 Å². The lowest BCUT2D eigenvalue weighted by Crippen LogP contribution is -2.40. The normalized spacial score (nSPS) is 29.2. The summed E-state index contributed by atoms with van der Waals surface area (Å²) in [6.45, 7) is 4.30. The van der Waals surface area contributed by atoms with Crippen LogP contribution in [0.15, 0.2) is 24.3 Å². The van der Waals surface area contributed by atoms with Crippen molar-refractivity contribution in [1.29, 1.82) is 0 Å². The third kappa shape index (κ3) is 2.19. The second-order valence-corrected chi connectivity index (χ2v) is 8.52. The summed E-state index contributed by atoms with van der Waals surface area (Å²) in [4.78, 5) is 12.5. The zero-order valence-electron chi connectivity index (χ0n) is 12.9. The van der Waals surface area contributed by atoms with Crippen LogP contribution in [-0.4, -0.2) is 43.1 Å². The molecule has 0 unspecified atom stereocenters. The van der Waals surface area contributed by atoms with Crippen LogP contribution >= 0.6 is 0 Å². The minimum Gasteiger partial charge on any atom is -0.491 e. The highest BCUT2D eigenvalue weighted by molar-refractivity contribution is 7.92. The van der Waals surface area contributed by atoms with Crippen LogP contribution in [0.25, 0.3) is 0 Å². The maximum absolute atomic E-state index is 12.5. The van der Waals surface area contributed by atoms with Crippen molar-refractivity contribution in [3.05, 3.63) is 24.3 Å². The molecule has 1 amide bonds. The predicted molar refractivity (Wildman–Crippen MR) is 83.2 cm³/mol. The molecule has 0 aromatic heterocycles. The van der Waals surface area contributed by atoms with E-state index in [1.54, 1.807) is 24.3 Å². The fourth-order valence-corrected chi connectivity index (χ4v) is 5.17. The van der Waals surface area contributed by atoms with Gasteiger partial charge in [-0.1, -0.05) is 0 Å².